The van der Waals surface area contributed by atoms with Crippen LogP contribution in [0.2, 0.25) is 0 Å². The van der Waals surface area contributed by atoms with E-state index in [0.29, 0.717) is 5.78 Å². The second kappa shape index (κ2) is 4.63. The molecule has 1 aromatic carbocycles. The maximum absolute atomic E-state index is 12.2. The van der Waals surface area contributed by atoms with Gasteiger partial charge in [0.15, 0.2) is 0 Å². The first-order chi connectivity index (χ1) is 8.40. The average Bonchev–Trinajstić information content (AvgIpc) is 2.57. The highest BCUT2D eigenvalue weighted by Crippen LogP contribution is 2.38. The highest BCUT2D eigenvalue weighted by molar-refractivity contribution is 5.88. The molecule has 1 aromatic rings. The molecule has 18 heavy (non-hydrogen) atoms. The van der Waals surface area contributed by atoms with E-state index in [9.17, 15) is 9.90 Å². The molecule has 0 aliphatic heterocycles. The van der Waals surface area contributed by atoms with E-state index < -0.39 is 0 Å². The lowest BCUT2D eigenvalue weighted by Crippen LogP contribution is -2.31. The summed E-state index contributed by atoms with van der Waals surface area (Å²) in [4.78, 5) is 14.3. The number of ketones is 1. The van der Waals surface area contributed by atoms with E-state index in [-0.39, 0.29) is 17.1 Å². The molecular formula is C15H21NO2. The SMILES string of the molecule is CN(CC1CCC(C)(C)C1=O)c1ccc(O)cc1. The number of phenols is 1. The van der Waals surface area contributed by atoms with E-state index in [1.807, 2.05) is 33.0 Å². The van der Waals surface area contributed by atoms with Gasteiger partial charge in [0.2, 0.25) is 0 Å². The number of benzene rings is 1. The van der Waals surface area contributed by atoms with Crippen molar-refractivity contribution in [3.05, 3.63) is 24.3 Å². The van der Waals surface area contributed by atoms with Crippen LogP contribution >= 0.6 is 0 Å². The van der Waals surface area contributed by atoms with Crippen LogP contribution in [0.4, 0.5) is 5.69 Å². The third-order valence-electron chi connectivity index (χ3n) is 3.94. The standard InChI is InChI=1S/C15H21NO2/c1-15(2)9-8-11(14(15)18)10-16(3)12-4-6-13(17)7-5-12/h4-7,11,17H,8-10H2,1-3H3. The van der Waals surface area contributed by atoms with Crippen molar-refractivity contribution >= 4 is 11.5 Å². The number of aromatic hydroxyl groups is 1. The van der Waals surface area contributed by atoms with Crippen LogP contribution in [0.1, 0.15) is 26.7 Å². The Labute approximate surface area is 108 Å². The van der Waals surface area contributed by atoms with Gasteiger partial charge in [-0.15, -0.1) is 0 Å². The Kier molecular flexibility index (Phi) is 3.33. The first-order valence-electron chi connectivity index (χ1n) is 6.44. The smallest absolute Gasteiger partial charge is 0.143 e. The molecule has 0 amide bonds. The zero-order valence-electron chi connectivity index (χ0n) is 11.3. The molecule has 1 aliphatic rings. The summed E-state index contributed by atoms with van der Waals surface area (Å²) >= 11 is 0. The summed E-state index contributed by atoms with van der Waals surface area (Å²) in [7, 11) is 1.99. The Hall–Kier alpha value is -1.51. The predicted molar refractivity (Wildman–Crippen MR) is 72.9 cm³/mol. The van der Waals surface area contributed by atoms with Gasteiger partial charge in [-0.2, -0.15) is 0 Å². The summed E-state index contributed by atoms with van der Waals surface area (Å²) in [6, 6.07) is 7.10. The summed E-state index contributed by atoms with van der Waals surface area (Å²) in [5.41, 5.74) is 0.880. The van der Waals surface area contributed by atoms with Crippen LogP contribution < -0.4 is 4.90 Å². The molecule has 1 unspecified atom stereocenters. The zero-order chi connectivity index (χ0) is 13.3. The van der Waals surface area contributed by atoms with Crippen molar-refractivity contribution in [2.24, 2.45) is 11.3 Å². The zero-order valence-corrected chi connectivity index (χ0v) is 11.3. The second-order valence-corrected chi connectivity index (χ2v) is 5.88. The van der Waals surface area contributed by atoms with E-state index in [0.717, 1.165) is 25.1 Å². The molecule has 0 bridgehead atoms. The number of hydrogen-bond acceptors (Lipinski definition) is 3. The number of anilines is 1. The summed E-state index contributed by atoms with van der Waals surface area (Å²) in [6.07, 6.45) is 1.97. The van der Waals surface area contributed by atoms with Crippen molar-refractivity contribution in [1.29, 1.82) is 0 Å². The van der Waals surface area contributed by atoms with Crippen molar-refractivity contribution in [2.45, 2.75) is 26.7 Å². The van der Waals surface area contributed by atoms with Crippen molar-refractivity contribution in [2.75, 3.05) is 18.5 Å². The average molecular weight is 247 g/mol. The molecule has 1 aliphatic carbocycles. The molecule has 98 valence electrons. The van der Waals surface area contributed by atoms with Crippen LogP contribution in [0.25, 0.3) is 0 Å². The minimum absolute atomic E-state index is 0.138. The second-order valence-electron chi connectivity index (χ2n) is 5.88. The Bertz CT molecular complexity index is 436. The number of carbonyl (C=O) groups is 1. The maximum atomic E-state index is 12.2. The molecule has 0 saturated heterocycles. The minimum atomic E-state index is -0.152. The predicted octanol–water partition coefficient (Wildman–Crippen LogP) is 2.83. The summed E-state index contributed by atoms with van der Waals surface area (Å²) in [6.45, 7) is 4.83. The Balaban J connectivity index is 2.02. The van der Waals surface area contributed by atoms with Gasteiger partial charge in [-0.25, -0.2) is 0 Å². The van der Waals surface area contributed by atoms with E-state index in [4.69, 9.17) is 0 Å². The third kappa shape index (κ3) is 2.50. The summed E-state index contributed by atoms with van der Waals surface area (Å²) in [5, 5.41) is 9.26. The molecule has 1 saturated carbocycles. The fraction of sp³-hybridized carbons (Fsp3) is 0.533. The van der Waals surface area contributed by atoms with E-state index in [1.54, 1.807) is 12.1 Å². The number of phenolic OH excluding ortho intramolecular Hbond substituents is 1. The van der Waals surface area contributed by atoms with Gasteiger partial charge in [-0.05, 0) is 37.1 Å². The molecular weight excluding hydrogens is 226 g/mol. The highest BCUT2D eigenvalue weighted by Gasteiger charge is 2.40. The first-order valence-corrected chi connectivity index (χ1v) is 6.44. The first kappa shape index (κ1) is 12.9. The monoisotopic (exact) mass is 247 g/mol. The lowest BCUT2D eigenvalue weighted by Gasteiger charge is -2.23. The van der Waals surface area contributed by atoms with Gasteiger partial charge in [0, 0.05) is 30.6 Å². The normalized spacial score (nSPS) is 22.2. The number of carbonyl (C=O) groups excluding carboxylic acids is 1. The quantitative estimate of drug-likeness (QED) is 0.893. The number of hydrogen-bond donors (Lipinski definition) is 1. The van der Waals surface area contributed by atoms with Gasteiger partial charge in [0.25, 0.3) is 0 Å². The minimum Gasteiger partial charge on any atom is -0.508 e. The van der Waals surface area contributed by atoms with Crippen LogP contribution in [-0.4, -0.2) is 24.5 Å². The Morgan fingerprint density at radius 3 is 2.44 bits per heavy atom. The van der Waals surface area contributed by atoms with Crippen LogP contribution in [-0.2, 0) is 4.79 Å². The molecule has 0 heterocycles. The molecule has 2 rings (SSSR count). The third-order valence-corrected chi connectivity index (χ3v) is 3.94. The van der Waals surface area contributed by atoms with Crippen molar-refractivity contribution in [3.63, 3.8) is 0 Å². The molecule has 1 N–H and O–H groups in total. The van der Waals surface area contributed by atoms with Crippen molar-refractivity contribution < 1.29 is 9.90 Å². The number of rotatable bonds is 3. The lowest BCUT2D eigenvalue weighted by molar-refractivity contribution is -0.127. The van der Waals surface area contributed by atoms with Crippen LogP contribution in [0.5, 0.6) is 5.75 Å². The molecule has 0 radical (unpaired) electrons. The van der Waals surface area contributed by atoms with Gasteiger partial charge in [0.05, 0.1) is 0 Å². The van der Waals surface area contributed by atoms with Gasteiger partial charge < -0.3 is 10.0 Å². The fourth-order valence-electron chi connectivity index (χ4n) is 2.66. The van der Waals surface area contributed by atoms with Crippen molar-refractivity contribution in [3.8, 4) is 5.75 Å². The molecule has 0 aromatic heterocycles. The molecule has 3 nitrogen and oxygen atoms in total. The van der Waals surface area contributed by atoms with Gasteiger partial charge in [0.1, 0.15) is 11.5 Å². The van der Waals surface area contributed by atoms with Gasteiger partial charge in [-0.3, -0.25) is 4.79 Å². The van der Waals surface area contributed by atoms with E-state index in [1.165, 1.54) is 0 Å². The Morgan fingerprint density at radius 2 is 1.94 bits per heavy atom. The summed E-state index contributed by atoms with van der Waals surface area (Å²) < 4.78 is 0. The van der Waals surface area contributed by atoms with Crippen LogP contribution in [0, 0.1) is 11.3 Å². The maximum Gasteiger partial charge on any atom is 0.143 e. The fourth-order valence-corrected chi connectivity index (χ4v) is 2.66. The largest absolute Gasteiger partial charge is 0.508 e. The van der Waals surface area contributed by atoms with E-state index in [2.05, 4.69) is 4.90 Å². The topological polar surface area (TPSA) is 40.5 Å². The molecule has 1 atom stereocenters. The Morgan fingerprint density at radius 1 is 1.33 bits per heavy atom. The van der Waals surface area contributed by atoms with E-state index >= 15 is 0 Å². The van der Waals surface area contributed by atoms with Gasteiger partial charge >= 0.3 is 0 Å². The highest BCUT2D eigenvalue weighted by atomic mass is 16.3. The number of nitrogens with zero attached hydrogens (tertiary/aromatic N) is 1. The van der Waals surface area contributed by atoms with Crippen LogP contribution in [0.3, 0.4) is 0 Å². The van der Waals surface area contributed by atoms with Crippen molar-refractivity contribution in [1.82, 2.24) is 0 Å². The number of Topliss-reactive ketones (excluding diaryl/α,β-unsaturated/α-hetero) is 1. The molecule has 0 spiro atoms. The lowest BCUT2D eigenvalue weighted by atomic mass is 9.89. The summed E-state index contributed by atoms with van der Waals surface area (Å²) in [5.74, 6) is 0.789. The molecule has 1 fully saturated rings. The van der Waals surface area contributed by atoms with Gasteiger partial charge in [-0.1, -0.05) is 13.8 Å². The molecule has 3 heteroatoms. The van der Waals surface area contributed by atoms with Crippen LogP contribution in [0.15, 0.2) is 24.3 Å².